The van der Waals surface area contributed by atoms with E-state index in [0.717, 1.165) is 6.26 Å². The van der Waals surface area contributed by atoms with Crippen LogP contribution in [0.2, 0.25) is 0 Å². The van der Waals surface area contributed by atoms with E-state index in [9.17, 15) is 17.6 Å². The predicted octanol–water partition coefficient (Wildman–Crippen LogP) is 3.55. The molecular weight excluding hydrogens is 405 g/mol. The largest absolute Gasteiger partial charge is 0.358 e. The number of carbonyl (C=O) groups is 1. The molecule has 0 aliphatic heterocycles. The lowest BCUT2D eigenvalue weighted by Crippen LogP contribution is -2.27. The van der Waals surface area contributed by atoms with Crippen molar-refractivity contribution in [2.45, 2.75) is 36.9 Å². The van der Waals surface area contributed by atoms with Gasteiger partial charge in [0.1, 0.15) is 6.67 Å². The lowest BCUT2D eigenvalue weighted by molar-refractivity contribution is -0.116. The van der Waals surface area contributed by atoms with Crippen molar-refractivity contribution >= 4 is 21.3 Å². The number of rotatable bonds is 6. The normalized spacial score (nSPS) is 15.6. The molecule has 2 aromatic rings. The highest BCUT2D eigenvalue weighted by atomic mass is 32.2. The van der Waals surface area contributed by atoms with Crippen LogP contribution in [0, 0.1) is 11.3 Å². The number of hydrogen-bond acceptors (Lipinski definition) is 6. The first kappa shape index (κ1) is 21.7. The van der Waals surface area contributed by atoms with Crippen molar-refractivity contribution in [3.8, 4) is 6.07 Å². The Morgan fingerprint density at radius 1 is 1.23 bits per heavy atom. The van der Waals surface area contributed by atoms with Gasteiger partial charge >= 0.3 is 0 Å². The standard InChI is InChI=1S/C22H22FN3O3S/c1-30(28,29)20-11-15(13-24)8-9-17(20)22(25)21-18(6-3-7-19(21)27)26-16-5-2-4-14(10-16)12-23/h2,4-5,8-11,22,26H,3,6-7,12,25H2,1H3. The molecule has 1 aliphatic carbocycles. The van der Waals surface area contributed by atoms with E-state index in [1.165, 1.54) is 18.2 Å². The summed E-state index contributed by atoms with van der Waals surface area (Å²) < 4.78 is 37.6. The number of carbonyl (C=O) groups excluding carboxylic acids is 1. The van der Waals surface area contributed by atoms with Crippen molar-refractivity contribution in [2.75, 3.05) is 11.6 Å². The van der Waals surface area contributed by atoms with Crippen LogP contribution in [-0.4, -0.2) is 20.5 Å². The second-order valence-corrected chi connectivity index (χ2v) is 9.23. The van der Waals surface area contributed by atoms with Crippen LogP contribution in [0.25, 0.3) is 0 Å². The van der Waals surface area contributed by atoms with E-state index in [1.807, 2.05) is 6.07 Å². The summed E-state index contributed by atoms with van der Waals surface area (Å²) in [6.45, 7) is -0.608. The lowest BCUT2D eigenvalue weighted by Gasteiger charge is -2.26. The quantitative estimate of drug-likeness (QED) is 0.729. The number of nitriles is 1. The van der Waals surface area contributed by atoms with Crippen LogP contribution in [0.1, 0.15) is 42.0 Å². The van der Waals surface area contributed by atoms with Gasteiger partial charge in [-0.1, -0.05) is 18.2 Å². The minimum Gasteiger partial charge on any atom is -0.358 e. The van der Waals surface area contributed by atoms with Crippen LogP contribution in [0.4, 0.5) is 10.1 Å². The molecule has 0 amide bonds. The minimum atomic E-state index is -3.68. The van der Waals surface area contributed by atoms with Gasteiger partial charge < -0.3 is 11.1 Å². The van der Waals surface area contributed by atoms with Gasteiger partial charge in [-0.3, -0.25) is 4.79 Å². The number of allylic oxidation sites excluding steroid dienone is 1. The summed E-state index contributed by atoms with van der Waals surface area (Å²) in [5.74, 6) is -0.165. The summed E-state index contributed by atoms with van der Waals surface area (Å²) in [5, 5.41) is 12.3. The maximum absolute atomic E-state index is 13.0. The van der Waals surface area contributed by atoms with Crippen LogP contribution in [0.5, 0.6) is 0 Å². The Balaban J connectivity index is 2.10. The number of anilines is 1. The molecule has 2 aromatic carbocycles. The smallest absolute Gasteiger partial charge is 0.175 e. The van der Waals surface area contributed by atoms with E-state index in [4.69, 9.17) is 11.0 Å². The Morgan fingerprint density at radius 2 is 2.00 bits per heavy atom. The van der Waals surface area contributed by atoms with Gasteiger partial charge in [-0.25, -0.2) is 12.8 Å². The first-order valence-electron chi connectivity index (χ1n) is 9.42. The average Bonchev–Trinajstić information content (AvgIpc) is 2.72. The molecule has 6 nitrogen and oxygen atoms in total. The molecule has 3 N–H and O–H groups in total. The van der Waals surface area contributed by atoms with Gasteiger partial charge in [0.15, 0.2) is 15.6 Å². The number of nitrogens with zero attached hydrogens (tertiary/aromatic N) is 1. The molecule has 0 fully saturated rings. The number of hydrogen-bond donors (Lipinski definition) is 2. The summed E-state index contributed by atoms with van der Waals surface area (Å²) in [6, 6.07) is 12.0. The van der Waals surface area contributed by atoms with Crippen molar-refractivity contribution in [3.05, 3.63) is 70.4 Å². The molecule has 0 bridgehead atoms. The van der Waals surface area contributed by atoms with Crippen molar-refractivity contribution in [1.82, 2.24) is 0 Å². The number of alkyl halides is 1. The molecule has 1 unspecified atom stereocenters. The fourth-order valence-corrected chi connectivity index (χ4v) is 4.56. The molecule has 30 heavy (non-hydrogen) atoms. The average molecular weight is 428 g/mol. The number of halogens is 1. The molecule has 156 valence electrons. The molecule has 0 aromatic heterocycles. The Hall–Kier alpha value is -3.02. The first-order chi connectivity index (χ1) is 14.2. The van der Waals surface area contributed by atoms with Crippen molar-refractivity contribution in [2.24, 2.45) is 5.73 Å². The molecule has 1 aliphatic rings. The van der Waals surface area contributed by atoms with E-state index >= 15 is 0 Å². The highest BCUT2D eigenvalue weighted by molar-refractivity contribution is 7.90. The zero-order valence-electron chi connectivity index (χ0n) is 16.5. The van der Waals surface area contributed by atoms with Crippen LogP contribution < -0.4 is 11.1 Å². The van der Waals surface area contributed by atoms with Crippen LogP contribution in [-0.2, 0) is 21.3 Å². The number of nitrogens with two attached hydrogens (primary N) is 1. The summed E-state index contributed by atoms with van der Waals surface area (Å²) in [7, 11) is -3.68. The number of benzene rings is 2. The molecule has 1 atom stereocenters. The molecule has 0 radical (unpaired) electrons. The summed E-state index contributed by atoms with van der Waals surface area (Å²) >= 11 is 0. The third-order valence-electron chi connectivity index (χ3n) is 5.02. The van der Waals surface area contributed by atoms with E-state index in [-0.39, 0.29) is 21.8 Å². The van der Waals surface area contributed by atoms with Crippen molar-refractivity contribution < 1.29 is 17.6 Å². The highest BCUT2D eigenvalue weighted by Gasteiger charge is 2.30. The molecule has 0 saturated carbocycles. The van der Waals surface area contributed by atoms with Crippen LogP contribution >= 0.6 is 0 Å². The molecule has 0 spiro atoms. The Kier molecular flexibility index (Phi) is 6.34. The molecular formula is C22H22FN3O3S. The van der Waals surface area contributed by atoms with Crippen LogP contribution in [0.15, 0.2) is 58.6 Å². The maximum atomic E-state index is 13.0. The topological polar surface area (TPSA) is 113 Å². The highest BCUT2D eigenvalue weighted by Crippen LogP contribution is 2.34. The number of ketones is 1. The zero-order valence-corrected chi connectivity index (χ0v) is 17.3. The number of Topliss-reactive ketones (excluding diaryl/α,β-unsaturated/α-hetero) is 1. The van der Waals surface area contributed by atoms with E-state index in [1.54, 1.807) is 24.3 Å². The molecule has 0 saturated heterocycles. The van der Waals surface area contributed by atoms with Crippen molar-refractivity contribution in [1.29, 1.82) is 5.26 Å². The second-order valence-electron chi connectivity index (χ2n) is 7.24. The zero-order chi connectivity index (χ0) is 21.9. The van der Waals surface area contributed by atoms with E-state index in [2.05, 4.69) is 5.32 Å². The fraction of sp³-hybridized carbons (Fsp3) is 0.273. The molecule has 8 heteroatoms. The Bertz CT molecular complexity index is 1170. The van der Waals surface area contributed by atoms with Gasteiger partial charge in [0, 0.05) is 29.6 Å². The van der Waals surface area contributed by atoms with Gasteiger partial charge in [0.25, 0.3) is 0 Å². The van der Waals surface area contributed by atoms with Gasteiger partial charge in [-0.2, -0.15) is 5.26 Å². The van der Waals surface area contributed by atoms with Crippen LogP contribution in [0.3, 0.4) is 0 Å². The molecule has 3 rings (SSSR count). The van der Waals surface area contributed by atoms with Gasteiger partial charge in [-0.05, 0) is 48.2 Å². The third kappa shape index (κ3) is 4.58. The third-order valence-corrected chi connectivity index (χ3v) is 6.17. The van der Waals surface area contributed by atoms with Gasteiger partial charge in [-0.15, -0.1) is 0 Å². The van der Waals surface area contributed by atoms with E-state index in [0.29, 0.717) is 41.8 Å². The first-order valence-corrected chi connectivity index (χ1v) is 11.3. The lowest BCUT2D eigenvalue weighted by atomic mass is 9.86. The summed E-state index contributed by atoms with van der Waals surface area (Å²) in [6.07, 6.45) is 2.53. The number of nitrogens with one attached hydrogen (secondary N) is 1. The van der Waals surface area contributed by atoms with Gasteiger partial charge in [0.2, 0.25) is 0 Å². The Morgan fingerprint density at radius 3 is 2.67 bits per heavy atom. The second kappa shape index (κ2) is 8.78. The predicted molar refractivity (Wildman–Crippen MR) is 112 cm³/mol. The van der Waals surface area contributed by atoms with Gasteiger partial charge in [0.05, 0.1) is 22.6 Å². The summed E-state index contributed by atoms with van der Waals surface area (Å²) in [5.41, 5.74) is 8.91. The maximum Gasteiger partial charge on any atom is 0.175 e. The molecule has 0 heterocycles. The SMILES string of the molecule is CS(=O)(=O)c1cc(C#N)ccc1C(N)C1=C(Nc2cccc(CF)c2)CCCC1=O. The summed E-state index contributed by atoms with van der Waals surface area (Å²) in [4.78, 5) is 12.7. The fourth-order valence-electron chi connectivity index (χ4n) is 3.60. The Labute approximate surface area is 175 Å². The number of sulfone groups is 1. The monoisotopic (exact) mass is 427 g/mol. The van der Waals surface area contributed by atoms with E-state index < -0.39 is 22.6 Å². The minimum absolute atomic E-state index is 0.0706. The van der Waals surface area contributed by atoms with Crippen molar-refractivity contribution in [3.63, 3.8) is 0 Å².